The van der Waals surface area contributed by atoms with E-state index in [4.69, 9.17) is 35.0 Å². The van der Waals surface area contributed by atoms with Crippen molar-refractivity contribution >= 4 is 28.5 Å². The molecule has 1 aliphatic rings. The molecule has 2 aromatic carbocycles. The van der Waals surface area contributed by atoms with Gasteiger partial charge in [0.1, 0.15) is 29.5 Å². The summed E-state index contributed by atoms with van der Waals surface area (Å²) in [4.78, 5) is 24.7. The Morgan fingerprint density at radius 3 is 2.60 bits per heavy atom. The number of benzene rings is 2. The van der Waals surface area contributed by atoms with Crippen LogP contribution in [-0.2, 0) is 14.3 Å². The normalized spacial score (nSPS) is 17.6. The van der Waals surface area contributed by atoms with E-state index in [0.29, 0.717) is 64.9 Å². The molecule has 0 saturated heterocycles. The largest absolute Gasteiger partial charge is 0.496 e. The van der Waals surface area contributed by atoms with Crippen molar-refractivity contribution in [2.24, 2.45) is 5.92 Å². The number of esters is 1. The van der Waals surface area contributed by atoms with Gasteiger partial charge in [-0.3, -0.25) is 9.59 Å². The number of hydrogen-bond donors (Lipinski definition) is 0. The molecule has 35 heavy (non-hydrogen) atoms. The summed E-state index contributed by atoms with van der Waals surface area (Å²) in [5, 5.41) is 0.768. The van der Waals surface area contributed by atoms with Crippen molar-refractivity contribution in [3.8, 4) is 22.8 Å². The van der Waals surface area contributed by atoms with E-state index < -0.39 is 5.60 Å². The zero-order valence-corrected chi connectivity index (χ0v) is 21.0. The van der Waals surface area contributed by atoms with Gasteiger partial charge in [0.2, 0.25) is 0 Å². The van der Waals surface area contributed by atoms with Gasteiger partial charge in [-0.2, -0.15) is 0 Å². The highest BCUT2D eigenvalue weighted by atomic mass is 35.5. The molecular formula is C27H29ClO7. The summed E-state index contributed by atoms with van der Waals surface area (Å²) >= 11 is 6.25. The molecule has 0 spiro atoms. The molecule has 0 N–H and O–H groups in total. The molecule has 1 heterocycles. The standard InChI is InChI=1S/C27H29ClO7/c1-27(2,3)35-26(30)16-12-18(13-16)33-11-10-32-17-8-9-23(31-4)20(14-17)24-15-22(29)19-6-5-7-21(28)25(19)34-24/h5-9,14-16,18H,10-13H2,1-4H3/t16-,18+. The van der Waals surface area contributed by atoms with Crippen molar-refractivity contribution in [2.45, 2.75) is 45.3 Å². The van der Waals surface area contributed by atoms with E-state index >= 15 is 0 Å². The number of carbonyl (C=O) groups excluding carboxylic acids is 1. The van der Waals surface area contributed by atoms with Gasteiger partial charge in [-0.05, 0) is 63.9 Å². The van der Waals surface area contributed by atoms with Crippen LogP contribution in [0.2, 0.25) is 5.02 Å². The van der Waals surface area contributed by atoms with Crippen LogP contribution in [0.3, 0.4) is 0 Å². The number of halogens is 1. The van der Waals surface area contributed by atoms with Crippen molar-refractivity contribution in [1.29, 1.82) is 0 Å². The fourth-order valence-corrected chi connectivity index (χ4v) is 4.11. The minimum Gasteiger partial charge on any atom is -0.496 e. The number of methoxy groups -OCH3 is 1. The predicted octanol–water partition coefficient (Wildman–Crippen LogP) is 5.64. The predicted molar refractivity (Wildman–Crippen MR) is 133 cm³/mol. The Balaban J connectivity index is 1.36. The summed E-state index contributed by atoms with van der Waals surface area (Å²) in [7, 11) is 1.54. The second kappa shape index (κ2) is 10.3. The lowest BCUT2D eigenvalue weighted by atomic mass is 9.82. The smallest absolute Gasteiger partial charge is 0.309 e. The number of para-hydroxylation sites is 1. The first-order chi connectivity index (χ1) is 16.6. The van der Waals surface area contributed by atoms with Gasteiger partial charge in [0.15, 0.2) is 11.0 Å². The number of fused-ring (bicyclic) bond motifs is 1. The van der Waals surface area contributed by atoms with Crippen LogP contribution in [0.15, 0.2) is 51.7 Å². The Morgan fingerprint density at radius 2 is 1.89 bits per heavy atom. The van der Waals surface area contributed by atoms with E-state index in [9.17, 15) is 9.59 Å². The number of hydrogen-bond acceptors (Lipinski definition) is 7. The zero-order chi connectivity index (χ0) is 25.2. The van der Waals surface area contributed by atoms with E-state index in [1.54, 1.807) is 43.5 Å². The molecule has 0 amide bonds. The van der Waals surface area contributed by atoms with Crippen LogP contribution in [0.25, 0.3) is 22.3 Å². The first-order valence-electron chi connectivity index (χ1n) is 11.5. The topological polar surface area (TPSA) is 84.2 Å². The van der Waals surface area contributed by atoms with Crippen molar-refractivity contribution < 1.29 is 28.2 Å². The number of ether oxygens (including phenoxy) is 4. The quantitative estimate of drug-likeness (QED) is 0.292. The average molecular weight is 501 g/mol. The van der Waals surface area contributed by atoms with E-state index in [1.807, 2.05) is 20.8 Å². The summed E-state index contributed by atoms with van der Waals surface area (Å²) in [6.45, 7) is 6.30. The molecule has 4 rings (SSSR count). The fourth-order valence-electron chi connectivity index (χ4n) is 3.90. The molecule has 0 radical (unpaired) electrons. The molecular weight excluding hydrogens is 472 g/mol. The zero-order valence-electron chi connectivity index (χ0n) is 20.3. The number of carbonyl (C=O) groups is 1. The molecule has 3 aromatic rings. The third-order valence-corrected chi connectivity index (χ3v) is 5.98. The molecule has 0 aliphatic heterocycles. The van der Waals surface area contributed by atoms with E-state index in [0.717, 1.165) is 0 Å². The maximum Gasteiger partial charge on any atom is 0.309 e. The monoisotopic (exact) mass is 500 g/mol. The molecule has 1 fully saturated rings. The third kappa shape index (κ3) is 5.97. The Hall–Kier alpha value is -3.03. The van der Waals surface area contributed by atoms with Crippen LogP contribution in [0.1, 0.15) is 33.6 Å². The summed E-state index contributed by atoms with van der Waals surface area (Å²) in [6.07, 6.45) is 1.34. The van der Waals surface area contributed by atoms with Gasteiger partial charge in [0.05, 0.1) is 41.7 Å². The Bertz CT molecular complexity index is 1270. The van der Waals surface area contributed by atoms with Gasteiger partial charge in [-0.1, -0.05) is 17.7 Å². The molecule has 1 aliphatic carbocycles. The van der Waals surface area contributed by atoms with Crippen molar-refractivity contribution in [1.82, 2.24) is 0 Å². The summed E-state index contributed by atoms with van der Waals surface area (Å²) in [5.74, 6) is 1.17. The van der Waals surface area contributed by atoms with Gasteiger partial charge >= 0.3 is 5.97 Å². The molecule has 8 heteroatoms. The minimum absolute atomic E-state index is 0.0270. The second-order valence-electron chi connectivity index (χ2n) is 9.50. The van der Waals surface area contributed by atoms with Crippen molar-refractivity contribution in [3.05, 3.63) is 57.7 Å². The van der Waals surface area contributed by atoms with E-state index in [2.05, 4.69) is 0 Å². The van der Waals surface area contributed by atoms with Crippen molar-refractivity contribution in [2.75, 3.05) is 20.3 Å². The lowest BCUT2D eigenvalue weighted by Gasteiger charge is -2.35. The first kappa shape index (κ1) is 25.1. The van der Waals surface area contributed by atoms with Crippen LogP contribution in [0, 0.1) is 5.92 Å². The molecule has 0 unspecified atom stereocenters. The third-order valence-electron chi connectivity index (χ3n) is 5.68. The van der Waals surface area contributed by atoms with Gasteiger partial charge in [-0.25, -0.2) is 0 Å². The Kier molecular flexibility index (Phi) is 7.38. The Labute approximate surface area is 208 Å². The first-order valence-corrected chi connectivity index (χ1v) is 11.9. The van der Waals surface area contributed by atoms with Crippen LogP contribution in [0.4, 0.5) is 0 Å². The molecule has 186 valence electrons. The van der Waals surface area contributed by atoms with Crippen molar-refractivity contribution in [3.63, 3.8) is 0 Å². The highest BCUT2D eigenvalue weighted by Gasteiger charge is 2.37. The highest BCUT2D eigenvalue weighted by Crippen LogP contribution is 2.36. The molecule has 1 aromatic heterocycles. The minimum atomic E-state index is -0.476. The maximum absolute atomic E-state index is 12.6. The van der Waals surface area contributed by atoms with Gasteiger partial charge < -0.3 is 23.4 Å². The average Bonchev–Trinajstić information content (AvgIpc) is 2.77. The second-order valence-corrected chi connectivity index (χ2v) is 9.90. The summed E-state index contributed by atoms with van der Waals surface area (Å²) in [6, 6.07) is 11.7. The molecule has 0 atom stereocenters. The van der Waals surface area contributed by atoms with Crippen LogP contribution in [-0.4, -0.2) is 38.0 Å². The molecule has 7 nitrogen and oxygen atoms in total. The van der Waals surface area contributed by atoms with Crippen LogP contribution < -0.4 is 14.9 Å². The van der Waals surface area contributed by atoms with E-state index in [1.165, 1.54) is 6.07 Å². The lowest BCUT2D eigenvalue weighted by molar-refractivity contribution is -0.169. The highest BCUT2D eigenvalue weighted by molar-refractivity contribution is 6.34. The Morgan fingerprint density at radius 1 is 1.11 bits per heavy atom. The van der Waals surface area contributed by atoms with Crippen LogP contribution >= 0.6 is 11.6 Å². The molecule has 0 bridgehead atoms. The summed E-state index contributed by atoms with van der Waals surface area (Å²) < 4.78 is 28.5. The maximum atomic E-state index is 12.6. The van der Waals surface area contributed by atoms with Gasteiger partial charge in [-0.15, -0.1) is 0 Å². The SMILES string of the molecule is COc1ccc(OCCO[C@H]2C[C@@H](C(=O)OC(C)(C)C)C2)cc1-c1cc(=O)c2cccc(Cl)c2o1. The van der Waals surface area contributed by atoms with Gasteiger partial charge in [0, 0.05) is 6.07 Å². The van der Waals surface area contributed by atoms with Crippen LogP contribution in [0.5, 0.6) is 11.5 Å². The summed E-state index contributed by atoms with van der Waals surface area (Å²) in [5.41, 5.74) is 0.221. The van der Waals surface area contributed by atoms with Gasteiger partial charge in [0.25, 0.3) is 0 Å². The number of rotatable bonds is 8. The molecule has 1 saturated carbocycles. The van der Waals surface area contributed by atoms with E-state index in [-0.39, 0.29) is 23.4 Å². The lowest BCUT2D eigenvalue weighted by Crippen LogP contribution is -2.40. The fraction of sp³-hybridized carbons (Fsp3) is 0.407.